The molecule has 0 spiro atoms. The first-order valence-corrected chi connectivity index (χ1v) is 23.1. The van der Waals surface area contributed by atoms with Crippen LogP contribution in [0.1, 0.15) is 0 Å². The van der Waals surface area contributed by atoms with Crippen molar-refractivity contribution in [2.24, 2.45) is 0 Å². The number of hydrogen-bond donors (Lipinski definition) is 0. The molecule has 0 bridgehead atoms. The number of aromatic nitrogens is 4. The number of rotatable bonds is 7. The second-order valence-electron chi connectivity index (χ2n) is 16.7. The molecule has 0 saturated carbocycles. The van der Waals surface area contributed by atoms with E-state index < -0.39 is 0 Å². The van der Waals surface area contributed by atoms with Gasteiger partial charge < -0.3 is 4.57 Å². The van der Waals surface area contributed by atoms with Gasteiger partial charge >= 0.3 is 0 Å². The molecule has 0 aliphatic rings. The summed E-state index contributed by atoms with van der Waals surface area (Å²) in [6, 6.07) is 82.2. The maximum Gasteiger partial charge on any atom is 0.164 e. The lowest BCUT2D eigenvalue weighted by molar-refractivity contribution is 1.07. The lowest BCUT2D eigenvalue weighted by Crippen LogP contribution is -2.01. The average Bonchev–Trinajstić information content (AvgIpc) is 3.96. The van der Waals surface area contributed by atoms with Gasteiger partial charge in [0.15, 0.2) is 17.5 Å². The van der Waals surface area contributed by atoms with Crippen LogP contribution in [0.3, 0.4) is 0 Å². The Morgan fingerprint density at radius 3 is 1.61 bits per heavy atom. The molecule has 0 radical (unpaired) electrons. The summed E-state index contributed by atoms with van der Waals surface area (Å²) in [5.41, 5.74) is 13.2. The molecule has 0 N–H and O–H groups in total. The third kappa shape index (κ3) is 6.40. The Kier molecular flexibility index (Phi) is 9.00. The van der Waals surface area contributed by atoms with Crippen molar-refractivity contribution in [2.75, 3.05) is 0 Å². The summed E-state index contributed by atoms with van der Waals surface area (Å²) in [5.74, 6) is 1.87. The number of fused-ring (bicyclic) bond motifs is 8. The fourth-order valence-corrected chi connectivity index (χ4v) is 11.0. The lowest BCUT2D eigenvalue weighted by Gasteiger charge is -2.14. The maximum atomic E-state index is 5.21. The highest BCUT2D eigenvalue weighted by Crippen LogP contribution is 2.46. The Bertz CT molecular complexity index is 3970. The molecule has 3 heterocycles. The number of hydrogen-bond acceptors (Lipinski definition) is 4. The van der Waals surface area contributed by atoms with Gasteiger partial charge in [-0.2, -0.15) is 0 Å². The third-order valence-corrected chi connectivity index (χ3v) is 14.1. The third-order valence-electron chi connectivity index (χ3n) is 12.9. The van der Waals surface area contributed by atoms with Crippen molar-refractivity contribution in [3.05, 3.63) is 231 Å². The van der Waals surface area contributed by atoms with Gasteiger partial charge in [0, 0.05) is 64.4 Å². The van der Waals surface area contributed by atoms with E-state index in [1.165, 1.54) is 69.5 Å². The zero-order valence-electron chi connectivity index (χ0n) is 35.6. The van der Waals surface area contributed by atoms with Crippen LogP contribution in [0, 0.1) is 0 Å². The van der Waals surface area contributed by atoms with Crippen LogP contribution >= 0.6 is 11.3 Å². The van der Waals surface area contributed by atoms with Crippen LogP contribution in [0.5, 0.6) is 0 Å². The fourth-order valence-electron chi connectivity index (χ4n) is 9.72. The number of benzene rings is 10. The van der Waals surface area contributed by atoms with Crippen LogP contribution in [0.4, 0.5) is 0 Å². The van der Waals surface area contributed by atoms with Crippen molar-refractivity contribution in [3.8, 4) is 73.2 Å². The molecular weight excluding hydrogens is 821 g/mol. The van der Waals surface area contributed by atoms with E-state index in [1.54, 1.807) is 0 Å². The highest BCUT2D eigenvalue weighted by Gasteiger charge is 2.21. The van der Waals surface area contributed by atoms with Crippen LogP contribution in [0.2, 0.25) is 0 Å². The van der Waals surface area contributed by atoms with E-state index in [2.05, 4.69) is 211 Å². The van der Waals surface area contributed by atoms with E-state index >= 15 is 0 Å². The molecule has 0 aliphatic carbocycles. The molecule has 13 rings (SSSR count). The molecule has 4 nitrogen and oxygen atoms in total. The molecule has 5 heteroatoms. The number of para-hydroxylation sites is 1. The summed E-state index contributed by atoms with van der Waals surface area (Å²) in [7, 11) is 0. The van der Waals surface area contributed by atoms with Crippen molar-refractivity contribution in [1.29, 1.82) is 0 Å². The topological polar surface area (TPSA) is 43.6 Å². The van der Waals surface area contributed by atoms with Crippen molar-refractivity contribution in [2.45, 2.75) is 0 Å². The van der Waals surface area contributed by atoms with Gasteiger partial charge in [-0.1, -0.05) is 200 Å². The first-order valence-electron chi connectivity index (χ1n) is 22.3. The second-order valence-corrected chi connectivity index (χ2v) is 17.8. The van der Waals surface area contributed by atoms with E-state index in [9.17, 15) is 0 Å². The van der Waals surface area contributed by atoms with Crippen molar-refractivity contribution in [3.63, 3.8) is 0 Å². The average molecular weight is 859 g/mol. The van der Waals surface area contributed by atoms with E-state index in [0.717, 1.165) is 39.0 Å². The molecule has 0 saturated heterocycles. The van der Waals surface area contributed by atoms with Crippen LogP contribution < -0.4 is 0 Å². The van der Waals surface area contributed by atoms with Gasteiger partial charge in [-0.3, -0.25) is 0 Å². The standard InChI is InChI=1S/C61H38N4S/c1-4-15-39(16-5-1)41-29-31-44(32-30-41)60-62-59(43-20-8-3-9-21-43)63-61(64-60)46-22-12-23-47(37-46)65-54-35-33-45(40-17-6-2-7-18-40)38-53(54)50-26-13-25-49(57(50)65)51-27-14-28-52-56-48-24-11-10-19-42(48)34-36-55(56)66-58(51)52/h1-38H. The predicted molar refractivity (Wildman–Crippen MR) is 277 cm³/mol. The Balaban J connectivity index is 1.03. The summed E-state index contributed by atoms with van der Waals surface area (Å²) >= 11 is 1.88. The van der Waals surface area contributed by atoms with Gasteiger partial charge in [0.25, 0.3) is 0 Å². The van der Waals surface area contributed by atoms with Crippen molar-refractivity contribution in [1.82, 2.24) is 19.5 Å². The molecule has 0 unspecified atom stereocenters. The van der Waals surface area contributed by atoms with E-state index in [4.69, 9.17) is 15.0 Å². The van der Waals surface area contributed by atoms with Gasteiger partial charge in [-0.25, -0.2) is 15.0 Å². The summed E-state index contributed by atoms with van der Waals surface area (Å²) in [6.07, 6.45) is 0. The molecule has 0 atom stereocenters. The van der Waals surface area contributed by atoms with Gasteiger partial charge in [0.05, 0.1) is 11.0 Å². The van der Waals surface area contributed by atoms with Crippen LogP contribution in [0.15, 0.2) is 231 Å². The number of nitrogens with zero attached hydrogens (tertiary/aromatic N) is 4. The van der Waals surface area contributed by atoms with Crippen LogP contribution in [-0.2, 0) is 0 Å². The van der Waals surface area contributed by atoms with Crippen LogP contribution in [0.25, 0.3) is 126 Å². The minimum atomic E-state index is 0.613. The SMILES string of the molecule is c1ccc(-c2ccc(-c3nc(-c4ccccc4)nc(-c4cccc(-n5c6ccc(-c7ccccc7)cc6c6cccc(-c7cccc8c7sc7ccc9ccccc9c78)c65)c4)n3)cc2)cc1. The Labute approximate surface area is 385 Å². The normalized spacial score (nSPS) is 11.6. The van der Waals surface area contributed by atoms with Crippen LogP contribution in [-0.4, -0.2) is 19.5 Å². The van der Waals surface area contributed by atoms with E-state index in [-0.39, 0.29) is 0 Å². The summed E-state index contributed by atoms with van der Waals surface area (Å²) in [5, 5.41) is 7.54. The van der Waals surface area contributed by atoms with E-state index in [0.29, 0.717) is 17.5 Å². The molecule has 66 heavy (non-hydrogen) atoms. The zero-order valence-corrected chi connectivity index (χ0v) is 36.5. The Hall–Kier alpha value is -8.51. The minimum absolute atomic E-state index is 0.613. The first kappa shape index (κ1) is 38.0. The monoisotopic (exact) mass is 858 g/mol. The summed E-state index contributed by atoms with van der Waals surface area (Å²) in [4.78, 5) is 15.4. The minimum Gasteiger partial charge on any atom is -0.309 e. The van der Waals surface area contributed by atoms with Gasteiger partial charge in [0.1, 0.15) is 0 Å². The second kappa shape index (κ2) is 15.6. The van der Waals surface area contributed by atoms with Gasteiger partial charge in [-0.15, -0.1) is 11.3 Å². The smallest absolute Gasteiger partial charge is 0.164 e. The summed E-state index contributed by atoms with van der Waals surface area (Å²) in [6.45, 7) is 0. The highest BCUT2D eigenvalue weighted by atomic mass is 32.1. The molecule has 308 valence electrons. The van der Waals surface area contributed by atoms with Crippen molar-refractivity contribution < 1.29 is 0 Å². The molecule has 10 aromatic carbocycles. The fraction of sp³-hybridized carbons (Fsp3) is 0. The quantitative estimate of drug-likeness (QED) is 0.160. The first-order chi connectivity index (χ1) is 32.7. The molecule has 0 aliphatic heterocycles. The van der Waals surface area contributed by atoms with Crippen molar-refractivity contribution >= 4 is 64.1 Å². The van der Waals surface area contributed by atoms with E-state index in [1.807, 2.05) is 35.6 Å². The predicted octanol–water partition coefficient (Wildman–Crippen LogP) is 16.5. The molecule has 3 aromatic heterocycles. The number of thiophene rings is 1. The Morgan fingerprint density at radius 1 is 0.333 bits per heavy atom. The van der Waals surface area contributed by atoms with Gasteiger partial charge in [0.2, 0.25) is 0 Å². The van der Waals surface area contributed by atoms with Gasteiger partial charge in [-0.05, 0) is 63.4 Å². The molecular formula is C61H38N4S. The Morgan fingerprint density at radius 2 is 0.864 bits per heavy atom. The highest BCUT2D eigenvalue weighted by molar-refractivity contribution is 7.26. The molecule has 13 aromatic rings. The zero-order chi connectivity index (χ0) is 43.6. The maximum absolute atomic E-state index is 5.21. The molecule has 0 amide bonds. The largest absolute Gasteiger partial charge is 0.309 e. The molecule has 0 fully saturated rings. The lowest BCUT2D eigenvalue weighted by atomic mass is 9.98. The summed E-state index contributed by atoms with van der Waals surface area (Å²) < 4.78 is 5.03.